The third kappa shape index (κ3) is 1.54. The molecule has 0 radical (unpaired) electrons. The standard InChI is InChI=1S/C12H10FN3S/c1-7-11(9-5-3-4-6-10(9)13)16-12(14-7)17-8(2)15-16/h3-6H,1-2H3. The molecule has 0 saturated carbocycles. The first-order valence-corrected chi connectivity index (χ1v) is 6.06. The lowest BCUT2D eigenvalue weighted by Gasteiger charge is -2.01. The van der Waals surface area contributed by atoms with Crippen molar-refractivity contribution >= 4 is 16.3 Å². The molecule has 0 N–H and O–H groups in total. The van der Waals surface area contributed by atoms with Crippen LogP contribution in [-0.4, -0.2) is 14.6 Å². The molecule has 0 atom stereocenters. The molecule has 3 nitrogen and oxygen atoms in total. The summed E-state index contributed by atoms with van der Waals surface area (Å²) in [7, 11) is 0. The van der Waals surface area contributed by atoms with E-state index < -0.39 is 0 Å². The van der Waals surface area contributed by atoms with E-state index in [9.17, 15) is 4.39 Å². The van der Waals surface area contributed by atoms with E-state index in [1.807, 2.05) is 19.9 Å². The molecular weight excluding hydrogens is 237 g/mol. The maximum atomic E-state index is 13.8. The fourth-order valence-electron chi connectivity index (χ4n) is 1.91. The van der Waals surface area contributed by atoms with Gasteiger partial charge in [0.2, 0.25) is 4.96 Å². The number of nitrogens with zero attached hydrogens (tertiary/aromatic N) is 3. The zero-order valence-corrected chi connectivity index (χ0v) is 10.3. The van der Waals surface area contributed by atoms with Crippen LogP contribution in [0.3, 0.4) is 0 Å². The monoisotopic (exact) mass is 247 g/mol. The first-order valence-electron chi connectivity index (χ1n) is 5.24. The quantitative estimate of drug-likeness (QED) is 0.661. The van der Waals surface area contributed by atoms with Crippen LogP contribution in [0.4, 0.5) is 4.39 Å². The fourth-order valence-corrected chi connectivity index (χ4v) is 2.69. The van der Waals surface area contributed by atoms with Gasteiger partial charge >= 0.3 is 0 Å². The Hall–Kier alpha value is -1.75. The van der Waals surface area contributed by atoms with Crippen LogP contribution in [0.1, 0.15) is 10.7 Å². The van der Waals surface area contributed by atoms with Crippen LogP contribution in [0.15, 0.2) is 24.3 Å². The smallest absolute Gasteiger partial charge is 0.212 e. The zero-order chi connectivity index (χ0) is 12.0. The molecule has 0 fully saturated rings. The van der Waals surface area contributed by atoms with Gasteiger partial charge in [0.1, 0.15) is 10.8 Å². The summed E-state index contributed by atoms with van der Waals surface area (Å²) in [5.41, 5.74) is 2.08. The molecule has 0 unspecified atom stereocenters. The Labute approximate surface area is 102 Å². The Balaban J connectivity index is 2.36. The van der Waals surface area contributed by atoms with Crippen molar-refractivity contribution in [3.05, 3.63) is 40.8 Å². The first kappa shape index (κ1) is 10.4. The highest BCUT2D eigenvalue weighted by atomic mass is 32.1. The number of aryl methyl sites for hydroxylation is 2. The second kappa shape index (κ2) is 3.63. The van der Waals surface area contributed by atoms with E-state index in [4.69, 9.17) is 0 Å². The van der Waals surface area contributed by atoms with E-state index in [0.717, 1.165) is 21.4 Å². The van der Waals surface area contributed by atoms with Crippen LogP contribution in [0.2, 0.25) is 0 Å². The van der Waals surface area contributed by atoms with Crippen molar-refractivity contribution in [2.24, 2.45) is 0 Å². The minimum Gasteiger partial charge on any atom is -0.222 e. The van der Waals surface area contributed by atoms with Gasteiger partial charge in [0.05, 0.1) is 11.4 Å². The summed E-state index contributed by atoms with van der Waals surface area (Å²) in [4.78, 5) is 5.21. The van der Waals surface area contributed by atoms with Crippen molar-refractivity contribution in [3.63, 3.8) is 0 Å². The van der Waals surface area contributed by atoms with Crippen molar-refractivity contribution in [1.82, 2.24) is 14.6 Å². The number of imidazole rings is 1. The van der Waals surface area contributed by atoms with Crippen LogP contribution in [0.25, 0.3) is 16.2 Å². The highest BCUT2D eigenvalue weighted by Crippen LogP contribution is 2.28. The molecule has 1 aromatic carbocycles. The van der Waals surface area contributed by atoms with E-state index in [2.05, 4.69) is 10.1 Å². The number of aromatic nitrogens is 3. The summed E-state index contributed by atoms with van der Waals surface area (Å²) < 4.78 is 15.5. The molecule has 5 heteroatoms. The van der Waals surface area contributed by atoms with Gasteiger partial charge in [-0.2, -0.15) is 5.10 Å². The minimum atomic E-state index is -0.247. The van der Waals surface area contributed by atoms with Crippen LogP contribution >= 0.6 is 11.3 Å². The van der Waals surface area contributed by atoms with E-state index in [1.54, 1.807) is 16.6 Å². The van der Waals surface area contributed by atoms with E-state index in [1.165, 1.54) is 17.4 Å². The van der Waals surface area contributed by atoms with Crippen molar-refractivity contribution < 1.29 is 4.39 Å². The third-order valence-electron chi connectivity index (χ3n) is 2.61. The normalized spacial score (nSPS) is 11.2. The zero-order valence-electron chi connectivity index (χ0n) is 9.44. The molecule has 3 aromatic rings. The number of benzene rings is 1. The molecule has 0 aliphatic carbocycles. The number of rotatable bonds is 1. The molecule has 0 spiro atoms. The highest BCUT2D eigenvalue weighted by molar-refractivity contribution is 7.16. The Kier molecular flexibility index (Phi) is 2.22. The fraction of sp³-hybridized carbons (Fsp3) is 0.167. The van der Waals surface area contributed by atoms with Crippen molar-refractivity contribution in [1.29, 1.82) is 0 Å². The van der Waals surface area contributed by atoms with Gasteiger partial charge in [0.25, 0.3) is 0 Å². The first-order chi connectivity index (χ1) is 8.16. The molecule has 0 aliphatic heterocycles. The van der Waals surface area contributed by atoms with Gasteiger partial charge in [0.15, 0.2) is 0 Å². The lowest BCUT2D eigenvalue weighted by Crippen LogP contribution is -1.93. The summed E-state index contributed by atoms with van der Waals surface area (Å²) in [5, 5.41) is 5.28. The summed E-state index contributed by atoms with van der Waals surface area (Å²) in [5.74, 6) is -0.247. The topological polar surface area (TPSA) is 30.2 Å². The second-order valence-electron chi connectivity index (χ2n) is 3.84. The maximum Gasteiger partial charge on any atom is 0.212 e. The number of hydrogen-bond donors (Lipinski definition) is 0. The molecule has 0 amide bonds. The summed E-state index contributed by atoms with van der Waals surface area (Å²) in [6.45, 7) is 3.79. The molecule has 0 saturated heterocycles. The Morgan fingerprint density at radius 3 is 2.76 bits per heavy atom. The summed E-state index contributed by atoms with van der Waals surface area (Å²) in [6, 6.07) is 6.70. The van der Waals surface area contributed by atoms with Gasteiger partial charge in [-0.3, -0.25) is 0 Å². The van der Waals surface area contributed by atoms with E-state index in [-0.39, 0.29) is 5.82 Å². The number of halogens is 1. The molecular formula is C12H10FN3S. The van der Waals surface area contributed by atoms with Gasteiger partial charge in [-0.25, -0.2) is 13.9 Å². The van der Waals surface area contributed by atoms with E-state index in [0.29, 0.717) is 5.56 Å². The number of fused-ring (bicyclic) bond motifs is 1. The van der Waals surface area contributed by atoms with Gasteiger partial charge in [-0.1, -0.05) is 23.5 Å². The molecule has 0 aliphatic rings. The average Bonchev–Trinajstić information content (AvgIpc) is 2.75. The SMILES string of the molecule is Cc1nn2c(-c3ccccc3F)c(C)nc2s1. The predicted molar refractivity (Wildman–Crippen MR) is 65.7 cm³/mol. The third-order valence-corrected chi connectivity index (χ3v) is 3.43. The Morgan fingerprint density at radius 2 is 2.00 bits per heavy atom. The summed E-state index contributed by atoms with van der Waals surface area (Å²) >= 11 is 1.51. The Bertz CT molecular complexity index is 699. The lowest BCUT2D eigenvalue weighted by atomic mass is 10.1. The Morgan fingerprint density at radius 1 is 1.24 bits per heavy atom. The van der Waals surface area contributed by atoms with Gasteiger partial charge in [-0.15, -0.1) is 0 Å². The molecule has 0 bridgehead atoms. The predicted octanol–water partition coefficient (Wildman–Crippen LogP) is 3.21. The van der Waals surface area contributed by atoms with Crippen LogP contribution in [0, 0.1) is 19.7 Å². The number of hydrogen-bond acceptors (Lipinski definition) is 3. The van der Waals surface area contributed by atoms with Gasteiger partial charge < -0.3 is 0 Å². The largest absolute Gasteiger partial charge is 0.222 e. The van der Waals surface area contributed by atoms with Crippen LogP contribution in [-0.2, 0) is 0 Å². The summed E-state index contributed by atoms with van der Waals surface area (Å²) in [6.07, 6.45) is 0. The average molecular weight is 247 g/mol. The van der Waals surface area contributed by atoms with Crippen LogP contribution in [0.5, 0.6) is 0 Å². The van der Waals surface area contributed by atoms with Crippen molar-refractivity contribution in [2.75, 3.05) is 0 Å². The highest BCUT2D eigenvalue weighted by Gasteiger charge is 2.16. The second-order valence-corrected chi connectivity index (χ2v) is 5.00. The van der Waals surface area contributed by atoms with Crippen molar-refractivity contribution in [2.45, 2.75) is 13.8 Å². The molecule has 17 heavy (non-hydrogen) atoms. The molecule has 3 rings (SSSR count). The maximum absolute atomic E-state index is 13.8. The lowest BCUT2D eigenvalue weighted by molar-refractivity contribution is 0.630. The van der Waals surface area contributed by atoms with E-state index >= 15 is 0 Å². The minimum absolute atomic E-state index is 0.247. The van der Waals surface area contributed by atoms with Gasteiger partial charge in [0, 0.05) is 5.56 Å². The van der Waals surface area contributed by atoms with Crippen molar-refractivity contribution in [3.8, 4) is 11.3 Å². The van der Waals surface area contributed by atoms with Gasteiger partial charge in [-0.05, 0) is 26.0 Å². The van der Waals surface area contributed by atoms with Crippen LogP contribution < -0.4 is 0 Å². The molecule has 2 heterocycles. The molecule has 2 aromatic heterocycles. The molecule has 86 valence electrons.